The molecule has 2 aromatic rings. The number of benzene rings is 1. The standard InChI is InChI=1S/C15H17BrN2O/c1-18(11-13-4-3-7-17-9-13)10-12-5-6-15(19-2)14(16)8-12/h3-9H,10-11H2,1-2H3. The van der Waals surface area contributed by atoms with Crippen molar-refractivity contribution in [1.82, 2.24) is 9.88 Å². The molecular formula is C15H17BrN2O. The third kappa shape index (κ3) is 4.04. The Labute approximate surface area is 122 Å². The van der Waals surface area contributed by atoms with E-state index in [9.17, 15) is 0 Å². The summed E-state index contributed by atoms with van der Waals surface area (Å²) in [5.74, 6) is 0.860. The van der Waals surface area contributed by atoms with Gasteiger partial charge in [-0.2, -0.15) is 0 Å². The fourth-order valence-electron chi connectivity index (χ4n) is 1.98. The fraction of sp³-hybridized carbons (Fsp3) is 0.267. The number of pyridine rings is 1. The van der Waals surface area contributed by atoms with E-state index in [1.54, 1.807) is 13.3 Å². The third-order valence-electron chi connectivity index (χ3n) is 2.84. The quantitative estimate of drug-likeness (QED) is 0.843. The summed E-state index contributed by atoms with van der Waals surface area (Å²) in [4.78, 5) is 6.39. The molecule has 0 spiro atoms. The molecule has 3 nitrogen and oxygen atoms in total. The van der Waals surface area contributed by atoms with Crippen LogP contribution in [0.2, 0.25) is 0 Å². The Bertz CT molecular complexity index is 531. The lowest BCUT2D eigenvalue weighted by molar-refractivity contribution is 0.318. The molecule has 0 saturated carbocycles. The summed E-state index contributed by atoms with van der Waals surface area (Å²) in [5, 5.41) is 0. The molecule has 0 N–H and O–H groups in total. The van der Waals surface area contributed by atoms with Crippen molar-refractivity contribution in [3.8, 4) is 5.75 Å². The molecule has 0 saturated heterocycles. The Morgan fingerprint density at radius 2 is 2.00 bits per heavy atom. The number of hydrogen-bond donors (Lipinski definition) is 0. The van der Waals surface area contributed by atoms with Gasteiger partial charge in [0.1, 0.15) is 5.75 Å². The van der Waals surface area contributed by atoms with Crippen LogP contribution in [-0.2, 0) is 13.1 Å². The van der Waals surface area contributed by atoms with Gasteiger partial charge >= 0.3 is 0 Å². The number of aromatic nitrogens is 1. The second kappa shape index (κ2) is 6.68. The molecule has 100 valence electrons. The smallest absolute Gasteiger partial charge is 0.133 e. The van der Waals surface area contributed by atoms with Crippen LogP contribution in [0.1, 0.15) is 11.1 Å². The van der Waals surface area contributed by atoms with Crippen LogP contribution in [0.3, 0.4) is 0 Å². The first-order valence-electron chi connectivity index (χ1n) is 6.09. The maximum atomic E-state index is 5.23. The van der Waals surface area contributed by atoms with Crippen LogP contribution >= 0.6 is 15.9 Å². The van der Waals surface area contributed by atoms with Gasteiger partial charge in [0.05, 0.1) is 11.6 Å². The third-order valence-corrected chi connectivity index (χ3v) is 3.46. The van der Waals surface area contributed by atoms with Gasteiger partial charge < -0.3 is 4.74 Å². The van der Waals surface area contributed by atoms with E-state index in [1.165, 1.54) is 11.1 Å². The molecule has 0 aliphatic rings. The van der Waals surface area contributed by atoms with Crippen LogP contribution in [-0.4, -0.2) is 24.0 Å². The number of ether oxygens (including phenoxy) is 1. The molecule has 1 aromatic carbocycles. The van der Waals surface area contributed by atoms with Crippen LogP contribution in [0.25, 0.3) is 0 Å². The Kier molecular flexibility index (Phi) is 4.93. The van der Waals surface area contributed by atoms with Crippen LogP contribution in [0.5, 0.6) is 5.75 Å². The van der Waals surface area contributed by atoms with Crippen LogP contribution in [0.4, 0.5) is 0 Å². The number of nitrogens with zero attached hydrogens (tertiary/aromatic N) is 2. The summed E-state index contributed by atoms with van der Waals surface area (Å²) < 4.78 is 6.22. The topological polar surface area (TPSA) is 25.4 Å². The Hall–Kier alpha value is -1.39. The number of halogens is 1. The Morgan fingerprint density at radius 3 is 2.63 bits per heavy atom. The molecule has 1 aromatic heterocycles. The highest BCUT2D eigenvalue weighted by Crippen LogP contribution is 2.26. The minimum absolute atomic E-state index is 0.860. The van der Waals surface area contributed by atoms with Crippen molar-refractivity contribution in [1.29, 1.82) is 0 Å². The maximum absolute atomic E-state index is 5.23. The number of hydrogen-bond acceptors (Lipinski definition) is 3. The predicted octanol–water partition coefficient (Wildman–Crippen LogP) is 3.48. The largest absolute Gasteiger partial charge is 0.496 e. The minimum atomic E-state index is 0.860. The van der Waals surface area contributed by atoms with Gasteiger partial charge in [-0.25, -0.2) is 0 Å². The van der Waals surface area contributed by atoms with Gasteiger partial charge in [0, 0.05) is 25.5 Å². The maximum Gasteiger partial charge on any atom is 0.133 e. The van der Waals surface area contributed by atoms with E-state index in [0.29, 0.717) is 0 Å². The highest BCUT2D eigenvalue weighted by molar-refractivity contribution is 9.10. The molecule has 0 aliphatic heterocycles. The predicted molar refractivity (Wildman–Crippen MR) is 80.1 cm³/mol. The first-order chi connectivity index (χ1) is 9.19. The second-order valence-electron chi connectivity index (χ2n) is 4.50. The monoisotopic (exact) mass is 320 g/mol. The molecular weight excluding hydrogens is 304 g/mol. The number of methoxy groups -OCH3 is 1. The van der Waals surface area contributed by atoms with Gasteiger partial charge in [-0.15, -0.1) is 0 Å². The van der Waals surface area contributed by atoms with E-state index in [0.717, 1.165) is 23.3 Å². The normalized spacial score (nSPS) is 10.7. The lowest BCUT2D eigenvalue weighted by Crippen LogP contribution is -2.17. The average molecular weight is 321 g/mol. The molecule has 19 heavy (non-hydrogen) atoms. The highest BCUT2D eigenvalue weighted by atomic mass is 79.9. The molecule has 0 bridgehead atoms. The van der Waals surface area contributed by atoms with Crippen LogP contribution in [0.15, 0.2) is 47.2 Å². The summed E-state index contributed by atoms with van der Waals surface area (Å²) in [6, 6.07) is 10.2. The van der Waals surface area contributed by atoms with Crippen molar-refractivity contribution in [2.24, 2.45) is 0 Å². The SMILES string of the molecule is COc1ccc(CN(C)Cc2cccnc2)cc1Br. The average Bonchev–Trinajstić information content (AvgIpc) is 2.40. The van der Waals surface area contributed by atoms with Crippen LogP contribution in [0, 0.1) is 0 Å². The molecule has 4 heteroatoms. The van der Waals surface area contributed by atoms with Gasteiger partial charge in [0.15, 0.2) is 0 Å². The lowest BCUT2D eigenvalue weighted by Gasteiger charge is -2.17. The van der Waals surface area contributed by atoms with Crippen LogP contribution < -0.4 is 4.74 Å². The molecule has 1 heterocycles. The molecule has 0 aliphatic carbocycles. The van der Waals surface area contributed by atoms with Crippen molar-refractivity contribution in [3.05, 3.63) is 58.3 Å². The van der Waals surface area contributed by atoms with E-state index < -0.39 is 0 Å². The summed E-state index contributed by atoms with van der Waals surface area (Å²) >= 11 is 3.51. The van der Waals surface area contributed by atoms with Crippen molar-refractivity contribution in [2.75, 3.05) is 14.2 Å². The zero-order valence-corrected chi connectivity index (χ0v) is 12.7. The Morgan fingerprint density at radius 1 is 1.21 bits per heavy atom. The van der Waals surface area contributed by atoms with Crippen molar-refractivity contribution < 1.29 is 4.74 Å². The fourth-order valence-corrected chi connectivity index (χ4v) is 2.57. The zero-order valence-electron chi connectivity index (χ0n) is 11.1. The summed E-state index contributed by atoms with van der Waals surface area (Å²) in [6.45, 7) is 1.77. The highest BCUT2D eigenvalue weighted by Gasteiger charge is 2.05. The summed E-state index contributed by atoms with van der Waals surface area (Å²) in [5.41, 5.74) is 2.47. The van der Waals surface area contributed by atoms with Gasteiger partial charge in [-0.3, -0.25) is 9.88 Å². The lowest BCUT2D eigenvalue weighted by atomic mass is 10.2. The first kappa shape index (κ1) is 14.0. The molecule has 0 amide bonds. The van der Waals surface area contributed by atoms with Crippen molar-refractivity contribution in [2.45, 2.75) is 13.1 Å². The molecule has 2 rings (SSSR count). The molecule has 0 fully saturated rings. The summed E-state index contributed by atoms with van der Waals surface area (Å²) in [7, 11) is 3.78. The summed E-state index contributed by atoms with van der Waals surface area (Å²) in [6.07, 6.45) is 3.70. The molecule has 0 atom stereocenters. The minimum Gasteiger partial charge on any atom is -0.496 e. The van der Waals surface area contributed by atoms with Gasteiger partial charge in [-0.05, 0) is 52.3 Å². The molecule has 0 unspecified atom stereocenters. The Balaban J connectivity index is 1.99. The van der Waals surface area contributed by atoms with Gasteiger partial charge in [0.25, 0.3) is 0 Å². The second-order valence-corrected chi connectivity index (χ2v) is 5.36. The first-order valence-corrected chi connectivity index (χ1v) is 6.88. The van der Waals surface area contributed by atoms with E-state index in [2.05, 4.69) is 51.1 Å². The van der Waals surface area contributed by atoms with E-state index in [4.69, 9.17) is 4.74 Å². The molecule has 0 radical (unpaired) electrons. The van der Waals surface area contributed by atoms with Crippen molar-refractivity contribution in [3.63, 3.8) is 0 Å². The van der Waals surface area contributed by atoms with Gasteiger partial charge in [0.2, 0.25) is 0 Å². The van der Waals surface area contributed by atoms with Gasteiger partial charge in [-0.1, -0.05) is 12.1 Å². The van der Waals surface area contributed by atoms with Crippen molar-refractivity contribution >= 4 is 15.9 Å². The van der Waals surface area contributed by atoms with E-state index >= 15 is 0 Å². The number of rotatable bonds is 5. The van der Waals surface area contributed by atoms with E-state index in [1.807, 2.05) is 18.3 Å². The zero-order chi connectivity index (χ0) is 13.7. The van der Waals surface area contributed by atoms with E-state index in [-0.39, 0.29) is 0 Å².